The second kappa shape index (κ2) is 5.48. The van der Waals surface area contributed by atoms with Crippen LogP contribution in [0.4, 0.5) is 8.78 Å². The van der Waals surface area contributed by atoms with Crippen molar-refractivity contribution in [1.82, 2.24) is 10.2 Å². The largest absolute Gasteiger partial charge is 0.379 e. The molecule has 18 heavy (non-hydrogen) atoms. The van der Waals surface area contributed by atoms with Crippen LogP contribution in [0.1, 0.15) is 19.3 Å². The maximum atomic E-state index is 13.0. The summed E-state index contributed by atoms with van der Waals surface area (Å²) in [6.07, 6.45) is 2.06. The van der Waals surface area contributed by atoms with E-state index in [9.17, 15) is 13.6 Å². The van der Waals surface area contributed by atoms with Crippen molar-refractivity contribution in [3.8, 4) is 0 Å². The average Bonchev–Trinajstić information content (AvgIpc) is 3.06. The Balaban J connectivity index is 1.64. The molecular formula is C12H20F2N2O2. The lowest BCUT2D eigenvalue weighted by Crippen LogP contribution is -2.42. The first-order valence-electron chi connectivity index (χ1n) is 6.42. The zero-order chi connectivity index (χ0) is 13.2. The summed E-state index contributed by atoms with van der Waals surface area (Å²) in [6, 6.07) is -0.756. The molecule has 1 saturated carbocycles. The average molecular weight is 262 g/mol. The molecule has 1 atom stereocenters. The third kappa shape index (κ3) is 3.88. The SMILES string of the molecule is CN(CCOCC1CC1)C(=O)C1CC(F)(F)CN1. The van der Waals surface area contributed by atoms with Crippen LogP contribution in [0, 0.1) is 5.92 Å². The lowest BCUT2D eigenvalue weighted by molar-refractivity contribution is -0.133. The number of alkyl halides is 2. The highest BCUT2D eigenvalue weighted by molar-refractivity contribution is 5.82. The van der Waals surface area contributed by atoms with Crippen LogP contribution < -0.4 is 5.32 Å². The molecule has 1 amide bonds. The molecule has 1 unspecified atom stereocenters. The van der Waals surface area contributed by atoms with Crippen LogP contribution in [-0.4, -0.2) is 56.1 Å². The monoisotopic (exact) mass is 262 g/mol. The van der Waals surface area contributed by atoms with Gasteiger partial charge in [-0.05, 0) is 18.8 Å². The van der Waals surface area contributed by atoms with Gasteiger partial charge in [0.05, 0.1) is 19.2 Å². The number of rotatable bonds is 6. The van der Waals surface area contributed by atoms with Gasteiger partial charge in [0, 0.05) is 26.6 Å². The number of ether oxygens (including phenoxy) is 1. The number of likely N-dealkylation sites (N-methyl/N-ethyl adjacent to an activating group) is 1. The maximum absolute atomic E-state index is 13.0. The first kappa shape index (κ1) is 13.7. The molecule has 1 aliphatic carbocycles. The molecule has 6 heteroatoms. The molecule has 4 nitrogen and oxygen atoms in total. The highest BCUT2D eigenvalue weighted by atomic mass is 19.3. The van der Waals surface area contributed by atoms with Crippen molar-refractivity contribution in [2.75, 3.05) is 33.4 Å². The Kier molecular flexibility index (Phi) is 4.17. The fourth-order valence-corrected chi connectivity index (χ4v) is 2.00. The summed E-state index contributed by atoms with van der Waals surface area (Å²) < 4.78 is 31.3. The van der Waals surface area contributed by atoms with Gasteiger partial charge in [-0.2, -0.15) is 0 Å². The van der Waals surface area contributed by atoms with Crippen LogP contribution in [0.3, 0.4) is 0 Å². The van der Waals surface area contributed by atoms with Gasteiger partial charge in [0.25, 0.3) is 5.92 Å². The van der Waals surface area contributed by atoms with Crippen LogP contribution in [0.25, 0.3) is 0 Å². The lowest BCUT2D eigenvalue weighted by Gasteiger charge is -2.21. The molecule has 0 aromatic heterocycles. The van der Waals surface area contributed by atoms with Crippen LogP contribution >= 0.6 is 0 Å². The van der Waals surface area contributed by atoms with Crippen molar-refractivity contribution in [2.24, 2.45) is 5.92 Å². The molecular weight excluding hydrogens is 242 g/mol. The van der Waals surface area contributed by atoms with Crippen molar-refractivity contribution in [2.45, 2.75) is 31.2 Å². The molecule has 1 heterocycles. The number of amides is 1. The van der Waals surface area contributed by atoms with Crippen molar-refractivity contribution in [1.29, 1.82) is 0 Å². The summed E-state index contributed by atoms with van der Waals surface area (Å²) >= 11 is 0. The Morgan fingerprint density at radius 1 is 1.50 bits per heavy atom. The number of nitrogens with one attached hydrogen (secondary N) is 1. The quantitative estimate of drug-likeness (QED) is 0.722. The summed E-state index contributed by atoms with van der Waals surface area (Å²) in [5, 5.41) is 2.56. The third-order valence-electron chi connectivity index (χ3n) is 3.41. The van der Waals surface area contributed by atoms with Crippen LogP contribution in [0.15, 0.2) is 0 Å². The van der Waals surface area contributed by atoms with Crippen LogP contribution in [0.2, 0.25) is 0 Å². The molecule has 0 bridgehead atoms. The molecule has 0 aromatic rings. The number of nitrogens with zero attached hydrogens (tertiary/aromatic N) is 1. The van der Waals surface area contributed by atoms with Crippen LogP contribution in [-0.2, 0) is 9.53 Å². The Morgan fingerprint density at radius 2 is 2.22 bits per heavy atom. The minimum atomic E-state index is -2.76. The van der Waals surface area contributed by atoms with Crippen LogP contribution in [0.5, 0.6) is 0 Å². The maximum Gasteiger partial charge on any atom is 0.262 e. The van der Waals surface area contributed by atoms with E-state index in [0.29, 0.717) is 19.1 Å². The van der Waals surface area contributed by atoms with Gasteiger partial charge in [-0.3, -0.25) is 10.1 Å². The summed E-state index contributed by atoms with van der Waals surface area (Å²) in [7, 11) is 1.63. The predicted molar refractivity (Wildman–Crippen MR) is 62.5 cm³/mol. The Hall–Kier alpha value is -0.750. The summed E-state index contributed by atoms with van der Waals surface area (Å²) in [6.45, 7) is 1.27. The standard InChI is InChI=1S/C12H20F2N2O2/c1-16(4-5-18-7-9-2-3-9)11(17)10-6-12(13,14)8-15-10/h9-10,15H,2-8H2,1H3. The van der Waals surface area contributed by atoms with Crippen molar-refractivity contribution >= 4 is 5.91 Å². The normalized spacial score (nSPS) is 26.3. The molecule has 0 aromatic carbocycles. The Labute approximate surface area is 106 Å². The van der Waals surface area contributed by atoms with E-state index in [1.165, 1.54) is 17.7 Å². The van der Waals surface area contributed by atoms with E-state index >= 15 is 0 Å². The van der Waals surface area contributed by atoms with Gasteiger partial charge in [-0.1, -0.05) is 0 Å². The number of hydrogen-bond acceptors (Lipinski definition) is 3. The van der Waals surface area contributed by atoms with Gasteiger partial charge in [-0.25, -0.2) is 8.78 Å². The number of carbonyl (C=O) groups is 1. The number of halogens is 2. The molecule has 1 saturated heterocycles. The minimum Gasteiger partial charge on any atom is -0.379 e. The van der Waals surface area contributed by atoms with Gasteiger partial charge in [0.1, 0.15) is 0 Å². The molecule has 0 spiro atoms. The second-order valence-electron chi connectivity index (χ2n) is 5.27. The van der Waals surface area contributed by atoms with E-state index < -0.39 is 24.9 Å². The molecule has 0 radical (unpaired) electrons. The Morgan fingerprint density at radius 3 is 2.78 bits per heavy atom. The van der Waals surface area contributed by atoms with Gasteiger partial charge in [-0.15, -0.1) is 0 Å². The third-order valence-corrected chi connectivity index (χ3v) is 3.41. The van der Waals surface area contributed by atoms with Crippen molar-refractivity contribution in [3.63, 3.8) is 0 Å². The van der Waals surface area contributed by atoms with E-state index in [0.717, 1.165) is 6.61 Å². The zero-order valence-corrected chi connectivity index (χ0v) is 10.6. The summed E-state index contributed by atoms with van der Waals surface area (Å²) in [5.41, 5.74) is 0. The first-order valence-corrected chi connectivity index (χ1v) is 6.42. The van der Waals surface area contributed by atoms with Gasteiger partial charge < -0.3 is 9.64 Å². The topological polar surface area (TPSA) is 41.6 Å². The van der Waals surface area contributed by atoms with Crippen molar-refractivity contribution in [3.05, 3.63) is 0 Å². The molecule has 1 N–H and O–H groups in total. The number of carbonyl (C=O) groups excluding carboxylic acids is 1. The molecule has 2 rings (SSSR count). The summed E-state index contributed by atoms with van der Waals surface area (Å²) in [5.74, 6) is -2.34. The molecule has 2 aliphatic rings. The molecule has 1 aliphatic heterocycles. The fourth-order valence-electron chi connectivity index (χ4n) is 2.00. The highest BCUT2D eigenvalue weighted by Gasteiger charge is 2.43. The van der Waals surface area contributed by atoms with Gasteiger partial charge in [0.15, 0.2) is 0 Å². The molecule has 2 fully saturated rings. The van der Waals surface area contributed by atoms with E-state index in [2.05, 4.69) is 5.32 Å². The Bertz CT molecular complexity index is 308. The first-order chi connectivity index (χ1) is 8.48. The summed E-state index contributed by atoms with van der Waals surface area (Å²) in [4.78, 5) is 13.3. The van der Waals surface area contributed by atoms with E-state index in [1.807, 2.05) is 0 Å². The van der Waals surface area contributed by atoms with Gasteiger partial charge in [0.2, 0.25) is 5.91 Å². The zero-order valence-electron chi connectivity index (χ0n) is 10.6. The smallest absolute Gasteiger partial charge is 0.262 e. The fraction of sp³-hybridized carbons (Fsp3) is 0.917. The minimum absolute atomic E-state index is 0.276. The van der Waals surface area contributed by atoms with Crippen molar-refractivity contribution < 1.29 is 18.3 Å². The second-order valence-corrected chi connectivity index (χ2v) is 5.27. The van der Waals surface area contributed by atoms with E-state index in [-0.39, 0.29) is 5.91 Å². The van der Waals surface area contributed by atoms with E-state index in [1.54, 1.807) is 7.05 Å². The van der Waals surface area contributed by atoms with E-state index in [4.69, 9.17) is 4.74 Å². The number of hydrogen-bond donors (Lipinski definition) is 1. The van der Waals surface area contributed by atoms with Gasteiger partial charge >= 0.3 is 0 Å². The predicted octanol–water partition coefficient (Wildman–Crippen LogP) is 0.869. The molecule has 104 valence electrons. The highest BCUT2D eigenvalue weighted by Crippen LogP contribution is 2.28. The lowest BCUT2D eigenvalue weighted by atomic mass is 10.2.